The Labute approximate surface area is 183 Å². The Morgan fingerprint density at radius 3 is 2.47 bits per heavy atom. The van der Waals surface area contributed by atoms with E-state index in [-0.39, 0.29) is 6.04 Å². The van der Waals surface area contributed by atoms with Gasteiger partial charge in [-0.15, -0.1) is 11.3 Å². The summed E-state index contributed by atoms with van der Waals surface area (Å²) in [6.45, 7) is 6.55. The van der Waals surface area contributed by atoms with E-state index in [0.717, 1.165) is 50.1 Å². The number of thiazole rings is 1. The van der Waals surface area contributed by atoms with Gasteiger partial charge in [-0.1, -0.05) is 18.6 Å². The Hall–Kier alpha value is -2.32. The first-order chi connectivity index (χ1) is 14.7. The molecule has 0 bridgehead atoms. The summed E-state index contributed by atoms with van der Waals surface area (Å²) in [6.07, 6.45) is 5.69. The summed E-state index contributed by atoms with van der Waals surface area (Å²) in [5.74, 6) is 1.54. The minimum absolute atomic E-state index is 0.256. The maximum absolute atomic E-state index is 6.42. The molecule has 0 spiro atoms. The molecule has 162 valence electrons. The van der Waals surface area contributed by atoms with E-state index in [1.54, 1.807) is 18.4 Å². The predicted octanol–water partition coefficient (Wildman–Crippen LogP) is 2.82. The average Bonchev–Trinajstić information content (AvgIpc) is 3.35. The Balaban J connectivity index is 1.41. The quantitative estimate of drug-likeness (QED) is 0.564. The van der Waals surface area contributed by atoms with Crippen molar-refractivity contribution < 1.29 is 4.74 Å². The summed E-state index contributed by atoms with van der Waals surface area (Å²) >= 11 is 1.69. The smallest absolute Gasteiger partial charge is 0.191 e. The summed E-state index contributed by atoms with van der Waals surface area (Å²) in [4.78, 5) is 16.3. The number of rotatable bonds is 6. The second-order valence-electron chi connectivity index (χ2n) is 7.87. The molecule has 1 unspecified atom stereocenters. The number of benzene rings is 1. The van der Waals surface area contributed by atoms with Gasteiger partial charge >= 0.3 is 0 Å². The number of nitrogens with two attached hydrogens (primary N) is 1. The third kappa shape index (κ3) is 5.05. The van der Waals surface area contributed by atoms with Crippen molar-refractivity contribution in [2.45, 2.75) is 25.3 Å². The number of piperazine rings is 1. The number of likely N-dealkylation sites (tertiary alicyclic amines) is 1. The van der Waals surface area contributed by atoms with E-state index in [4.69, 9.17) is 15.5 Å². The number of hydrogen-bond acceptors (Lipinski definition) is 6. The van der Waals surface area contributed by atoms with Gasteiger partial charge in [0, 0.05) is 37.8 Å². The first-order valence-corrected chi connectivity index (χ1v) is 11.7. The van der Waals surface area contributed by atoms with Crippen molar-refractivity contribution in [2.24, 2.45) is 10.7 Å². The van der Waals surface area contributed by atoms with Crippen molar-refractivity contribution >= 4 is 22.4 Å². The van der Waals surface area contributed by atoms with Gasteiger partial charge in [-0.25, -0.2) is 4.98 Å². The molecule has 0 amide bonds. The lowest BCUT2D eigenvalue weighted by molar-refractivity contribution is 0.167. The number of aromatic nitrogens is 1. The van der Waals surface area contributed by atoms with Crippen LogP contribution in [0.25, 0.3) is 0 Å². The van der Waals surface area contributed by atoms with E-state index >= 15 is 0 Å². The highest BCUT2D eigenvalue weighted by Crippen LogP contribution is 2.27. The Kier molecular flexibility index (Phi) is 7.07. The van der Waals surface area contributed by atoms with E-state index in [2.05, 4.69) is 31.8 Å². The number of methoxy groups -OCH3 is 1. The molecule has 30 heavy (non-hydrogen) atoms. The fourth-order valence-corrected chi connectivity index (χ4v) is 4.96. The molecule has 2 aromatic rings. The number of nitrogens with zero attached hydrogens (tertiary/aromatic N) is 5. The normalized spacial score (nSPS) is 19.7. The zero-order valence-corrected chi connectivity index (χ0v) is 18.6. The van der Waals surface area contributed by atoms with Crippen LogP contribution in [0.3, 0.4) is 0 Å². The van der Waals surface area contributed by atoms with Crippen LogP contribution in [-0.2, 0) is 0 Å². The van der Waals surface area contributed by atoms with E-state index in [9.17, 15) is 0 Å². The van der Waals surface area contributed by atoms with Gasteiger partial charge in [-0.2, -0.15) is 0 Å². The van der Waals surface area contributed by atoms with E-state index in [1.807, 2.05) is 23.7 Å². The Bertz CT molecular complexity index is 796. The molecule has 0 radical (unpaired) electrons. The van der Waals surface area contributed by atoms with Gasteiger partial charge < -0.3 is 20.3 Å². The molecule has 1 atom stereocenters. The van der Waals surface area contributed by atoms with Crippen LogP contribution in [0.1, 0.15) is 30.9 Å². The molecular weight excluding hydrogens is 396 g/mol. The number of ether oxygens (including phenoxy) is 1. The van der Waals surface area contributed by atoms with Crippen LogP contribution in [0.5, 0.6) is 5.75 Å². The van der Waals surface area contributed by atoms with E-state index < -0.39 is 0 Å². The van der Waals surface area contributed by atoms with Gasteiger partial charge in [0.05, 0.1) is 19.7 Å². The van der Waals surface area contributed by atoms with Crippen LogP contribution >= 0.6 is 11.3 Å². The second-order valence-corrected chi connectivity index (χ2v) is 8.75. The molecule has 1 aromatic heterocycles. The lowest BCUT2D eigenvalue weighted by Crippen LogP contribution is -2.51. The standard InChI is InChI=1S/C22H32N6OS/c1-29-19-7-5-18(6-8-19)20(26-10-3-2-4-11-26)17-25-21(23)27-12-14-28(15-13-27)22-24-9-16-30-22/h5-9,16,20H,2-4,10-15,17H2,1H3,(H2,23,25). The third-order valence-corrected chi connectivity index (χ3v) is 6.88. The highest BCUT2D eigenvalue weighted by atomic mass is 32.1. The predicted molar refractivity (Wildman–Crippen MR) is 124 cm³/mol. The number of aliphatic imine (C=N–C) groups is 1. The van der Waals surface area contributed by atoms with Crippen LogP contribution in [0.2, 0.25) is 0 Å². The fraction of sp³-hybridized carbons (Fsp3) is 0.545. The fourth-order valence-electron chi connectivity index (χ4n) is 4.27. The van der Waals surface area contributed by atoms with Gasteiger partial charge in [0.15, 0.2) is 11.1 Å². The van der Waals surface area contributed by atoms with Gasteiger partial charge in [0.1, 0.15) is 5.75 Å². The van der Waals surface area contributed by atoms with Gasteiger partial charge in [0.25, 0.3) is 0 Å². The Morgan fingerprint density at radius 2 is 1.83 bits per heavy atom. The number of piperidine rings is 1. The minimum Gasteiger partial charge on any atom is -0.497 e. The van der Waals surface area contributed by atoms with Crippen molar-refractivity contribution in [2.75, 3.05) is 57.8 Å². The summed E-state index contributed by atoms with van der Waals surface area (Å²) < 4.78 is 5.33. The molecule has 2 saturated heterocycles. The second kappa shape index (κ2) is 10.1. The van der Waals surface area contributed by atoms with Crippen molar-refractivity contribution in [3.05, 3.63) is 41.4 Å². The topological polar surface area (TPSA) is 70.2 Å². The first kappa shape index (κ1) is 20.9. The molecule has 1 aromatic carbocycles. The van der Waals surface area contributed by atoms with Crippen LogP contribution in [0.15, 0.2) is 40.8 Å². The molecule has 2 N–H and O–H groups in total. The maximum Gasteiger partial charge on any atom is 0.191 e. The first-order valence-electron chi connectivity index (χ1n) is 10.8. The monoisotopic (exact) mass is 428 g/mol. The highest BCUT2D eigenvalue weighted by Gasteiger charge is 2.24. The highest BCUT2D eigenvalue weighted by molar-refractivity contribution is 7.13. The third-order valence-electron chi connectivity index (χ3n) is 6.05. The summed E-state index contributed by atoms with van der Waals surface area (Å²) in [5, 5.41) is 3.12. The number of hydrogen-bond donors (Lipinski definition) is 1. The van der Waals surface area contributed by atoms with Crippen molar-refractivity contribution in [1.29, 1.82) is 0 Å². The molecule has 2 aliphatic rings. The van der Waals surface area contributed by atoms with Gasteiger partial charge in [0.2, 0.25) is 0 Å². The maximum atomic E-state index is 6.42. The summed E-state index contributed by atoms with van der Waals surface area (Å²) in [7, 11) is 1.70. The minimum atomic E-state index is 0.256. The molecule has 4 rings (SSSR count). The van der Waals surface area contributed by atoms with E-state index in [1.165, 1.54) is 24.8 Å². The van der Waals surface area contributed by atoms with Crippen LogP contribution in [0, 0.1) is 0 Å². The number of anilines is 1. The molecule has 3 heterocycles. The Morgan fingerprint density at radius 1 is 1.10 bits per heavy atom. The van der Waals surface area contributed by atoms with Gasteiger partial charge in [-0.3, -0.25) is 9.89 Å². The molecule has 2 fully saturated rings. The number of guanidine groups is 1. The summed E-state index contributed by atoms with van der Waals surface area (Å²) in [6, 6.07) is 8.66. The molecular formula is C22H32N6OS. The SMILES string of the molecule is COc1ccc(C(CN=C(N)N2CCN(c3nccs3)CC2)N2CCCCC2)cc1. The molecule has 2 aliphatic heterocycles. The largest absolute Gasteiger partial charge is 0.497 e. The van der Waals surface area contributed by atoms with Crippen molar-refractivity contribution in [3.8, 4) is 5.75 Å². The summed E-state index contributed by atoms with van der Waals surface area (Å²) in [5.41, 5.74) is 7.70. The van der Waals surface area contributed by atoms with Crippen molar-refractivity contribution in [1.82, 2.24) is 14.8 Å². The lowest BCUT2D eigenvalue weighted by atomic mass is 10.0. The zero-order valence-electron chi connectivity index (χ0n) is 17.7. The van der Waals surface area contributed by atoms with Gasteiger partial charge in [-0.05, 0) is 43.6 Å². The molecule has 0 saturated carbocycles. The van der Waals surface area contributed by atoms with Crippen molar-refractivity contribution in [3.63, 3.8) is 0 Å². The lowest BCUT2D eigenvalue weighted by Gasteiger charge is -2.36. The van der Waals surface area contributed by atoms with Crippen LogP contribution < -0.4 is 15.4 Å². The van der Waals surface area contributed by atoms with Crippen LogP contribution in [0.4, 0.5) is 5.13 Å². The van der Waals surface area contributed by atoms with E-state index in [0.29, 0.717) is 12.5 Å². The molecule has 7 nitrogen and oxygen atoms in total. The molecule has 0 aliphatic carbocycles. The average molecular weight is 429 g/mol. The zero-order chi connectivity index (χ0) is 20.8. The van der Waals surface area contributed by atoms with Crippen LogP contribution in [-0.4, -0.2) is 73.7 Å². The molecule has 8 heteroatoms.